The highest BCUT2D eigenvalue weighted by molar-refractivity contribution is 5.22. The maximum atomic E-state index is 13.0. The molecule has 2 unspecified atom stereocenters. The third-order valence-corrected chi connectivity index (χ3v) is 3.47. The number of alkyl halides is 3. The first-order chi connectivity index (χ1) is 9.65. The number of rotatable bonds is 6. The lowest BCUT2D eigenvalue weighted by molar-refractivity contribution is -0.156. The van der Waals surface area contributed by atoms with E-state index in [1.807, 2.05) is 6.92 Å². The van der Waals surface area contributed by atoms with E-state index in [-0.39, 0.29) is 6.04 Å². The maximum Gasteiger partial charge on any atom is 0.401 e. The molecular weight excluding hydrogens is 284 g/mol. The number of halogens is 4. The third-order valence-electron chi connectivity index (χ3n) is 3.47. The largest absolute Gasteiger partial charge is 0.401 e. The Morgan fingerprint density at radius 3 is 2.05 bits per heavy atom. The topological polar surface area (TPSA) is 29.3 Å². The van der Waals surface area contributed by atoms with Crippen LogP contribution in [0.15, 0.2) is 24.3 Å². The van der Waals surface area contributed by atoms with Crippen LogP contribution in [0, 0.1) is 5.82 Å². The predicted molar refractivity (Wildman–Crippen MR) is 75.3 cm³/mol. The fourth-order valence-electron chi connectivity index (χ4n) is 2.38. The lowest BCUT2D eigenvalue weighted by Crippen LogP contribution is -2.48. The van der Waals surface area contributed by atoms with Gasteiger partial charge in [0.25, 0.3) is 0 Å². The molecule has 21 heavy (non-hydrogen) atoms. The summed E-state index contributed by atoms with van der Waals surface area (Å²) >= 11 is 0. The van der Waals surface area contributed by atoms with E-state index in [1.165, 1.54) is 29.2 Å². The van der Waals surface area contributed by atoms with Crippen molar-refractivity contribution < 1.29 is 17.6 Å². The normalized spacial score (nSPS) is 15.5. The lowest BCUT2D eigenvalue weighted by Gasteiger charge is -2.38. The Balaban J connectivity index is 3.17. The van der Waals surface area contributed by atoms with Crippen molar-refractivity contribution in [3.05, 3.63) is 35.6 Å². The molecular formula is C15H22F4N2. The van der Waals surface area contributed by atoms with Crippen molar-refractivity contribution in [1.82, 2.24) is 4.90 Å². The first kappa shape index (κ1) is 17.9. The van der Waals surface area contributed by atoms with Gasteiger partial charge in [0.2, 0.25) is 0 Å². The van der Waals surface area contributed by atoms with Crippen LogP contribution in [0.5, 0.6) is 0 Å². The molecule has 0 aliphatic heterocycles. The second kappa shape index (κ2) is 7.22. The number of hydrogen-bond donors (Lipinski definition) is 1. The van der Waals surface area contributed by atoms with E-state index < -0.39 is 30.6 Å². The van der Waals surface area contributed by atoms with Crippen LogP contribution in [0.1, 0.15) is 38.8 Å². The highest BCUT2D eigenvalue weighted by Gasteiger charge is 2.37. The van der Waals surface area contributed by atoms with Gasteiger partial charge < -0.3 is 5.73 Å². The van der Waals surface area contributed by atoms with E-state index in [0.717, 1.165) is 0 Å². The average molecular weight is 306 g/mol. The van der Waals surface area contributed by atoms with Gasteiger partial charge >= 0.3 is 6.18 Å². The van der Waals surface area contributed by atoms with Crippen LogP contribution in [0.2, 0.25) is 0 Å². The Bertz CT molecular complexity index is 428. The SMILES string of the molecule is CCC(N)C(c1ccc(F)cc1)N(CC(F)(F)F)C(C)C. The second-order valence-corrected chi connectivity index (χ2v) is 5.45. The molecule has 2 atom stereocenters. The molecule has 0 radical (unpaired) electrons. The van der Waals surface area contributed by atoms with Crippen LogP contribution in [0.4, 0.5) is 17.6 Å². The van der Waals surface area contributed by atoms with Crippen molar-refractivity contribution in [2.24, 2.45) is 5.73 Å². The second-order valence-electron chi connectivity index (χ2n) is 5.45. The van der Waals surface area contributed by atoms with Gasteiger partial charge in [-0.15, -0.1) is 0 Å². The Hall–Kier alpha value is -1.14. The van der Waals surface area contributed by atoms with Gasteiger partial charge in [-0.25, -0.2) is 4.39 Å². The van der Waals surface area contributed by atoms with Crippen LogP contribution >= 0.6 is 0 Å². The fourth-order valence-corrected chi connectivity index (χ4v) is 2.38. The highest BCUT2D eigenvalue weighted by atomic mass is 19.4. The Morgan fingerprint density at radius 2 is 1.67 bits per heavy atom. The van der Waals surface area contributed by atoms with Gasteiger partial charge in [-0.1, -0.05) is 19.1 Å². The molecule has 1 rings (SSSR count). The molecule has 2 N–H and O–H groups in total. The van der Waals surface area contributed by atoms with Crippen molar-refractivity contribution in [1.29, 1.82) is 0 Å². The highest BCUT2D eigenvalue weighted by Crippen LogP contribution is 2.30. The number of nitrogens with zero attached hydrogens (tertiary/aromatic N) is 1. The van der Waals surface area contributed by atoms with Crippen molar-refractivity contribution in [2.75, 3.05) is 6.54 Å². The molecule has 0 bridgehead atoms. The van der Waals surface area contributed by atoms with Gasteiger partial charge in [0.1, 0.15) is 5.82 Å². The molecule has 0 aliphatic rings. The van der Waals surface area contributed by atoms with E-state index in [2.05, 4.69) is 0 Å². The van der Waals surface area contributed by atoms with Crippen LogP contribution in [0.25, 0.3) is 0 Å². The summed E-state index contributed by atoms with van der Waals surface area (Å²) in [6, 6.07) is 4.10. The zero-order chi connectivity index (χ0) is 16.2. The minimum Gasteiger partial charge on any atom is -0.326 e. The maximum absolute atomic E-state index is 13.0. The molecule has 120 valence electrons. The van der Waals surface area contributed by atoms with Crippen molar-refractivity contribution in [2.45, 2.75) is 51.5 Å². The van der Waals surface area contributed by atoms with Crippen molar-refractivity contribution in [3.8, 4) is 0 Å². The quantitative estimate of drug-likeness (QED) is 0.808. The number of hydrogen-bond acceptors (Lipinski definition) is 2. The van der Waals surface area contributed by atoms with Gasteiger partial charge in [-0.3, -0.25) is 4.90 Å². The van der Waals surface area contributed by atoms with Gasteiger partial charge in [0.15, 0.2) is 0 Å². The molecule has 0 saturated heterocycles. The van der Waals surface area contributed by atoms with E-state index >= 15 is 0 Å². The van der Waals surface area contributed by atoms with E-state index in [9.17, 15) is 17.6 Å². The molecule has 2 nitrogen and oxygen atoms in total. The molecule has 0 amide bonds. The average Bonchev–Trinajstić information content (AvgIpc) is 2.38. The summed E-state index contributed by atoms with van der Waals surface area (Å²) in [7, 11) is 0. The smallest absolute Gasteiger partial charge is 0.326 e. The van der Waals surface area contributed by atoms with Crippen molar-refractivity contribution in [3.63, 3.8) is 0 Å². The lowest BCUT2D eigenvalue weighted by atomic mass is 9.95. The zero-order valence-corrected chi connectivity index (χ0v) is 12.5. The Morgan fingerprint density at radius 1 is 1.14 bits per heavy atom. The van der Waals surface area contributed by atoms with Gasteiger partial charge in [-0.2, -0.15) is 13.2 Å². The summed E-state index contributed by atoms with van der Waals surface area (Å²) in [6.45, 7) is 4.18. The van der Waals surface area contributed by atoms with Crippen LogP contribution in [-0.4, -0.2) is 29.7 Å². The monoisotopic (exact) mass is 306 g/mol. The summed E-state index contributed by atoms with van der Waals surface area (Å²) < 4.78 is 51.5. The first-order valence-electron chi connectivity index (χ1n) is 6.99. The Kier molecular flexibility index (Phi) is 6.16. The summed E-state index contributed by atoms with van der Waals surface area (Å²) in [5, 5.41) is 0. The summed E-state index contributed by atoms with van der Waals surface area (Å²) in [6.07, 6.45) is -3.78. The number of nitrogens with two attached hydrogens (primary N) is 1. The number of benzene rings is 1. The fraction of sp³-hybridized carbons (Fsp3) is 0.600. The molecule has 0 heterocycles. The van der Waals surface area contributed by atoms with Crippen LogP contribution < -0.4 is 5.73 Å². The minimum absolute atomic E-state index is 0.334. The van der Waals surface area contributed by atoms with E-state index in [1.54, 1.807) is 13.8 Å². The molecule has 6 heteroatoms. The van der Waals surface area contributed by atoms with Gasteiger partial charge in [0.05, 0.1) is 12.6 Å². The molecule has 1 aromatic carbocycles. The molecule has 0 aromatic heterocycles. The zero-order valence-electron chi connectivity index (χ0n) is 12.5. The molecule has 0 aliphatic carbocycles. The minimum atomic E-state index is -4.31. The van der Waals surface area contributed by atoms with Gasteiger partial charge in [0, 0.05) is 12.1 Å². The summed E-state index contributed by atoms with van der Waals surface area (Å²) in [5.74, 6) is -0.422. The molecule has 1 aromatic rings. The van der Waals surface area contributed by atoms with Crippen LogP contribution in [-0.2, 0) is 0 Å². The summed E-state index contributed by atoms with van der Waals surface area (Å²) in [4.78, 5) is 1.32. The molecule has 0 spiro atoms. The first-order valence-corrected chi connectivity index (χ1v) is 6.99. The van der Waals surface area contributed by atoms with Crippen molar-refractivity contribution >= 4 is 0 Å². The summed E-state index contributed by atoms with van der Waals surface area (Å²) in [5.41, 5.74) is 6.64. The molecule has 0 saturated carbocycles. The third kappa shape index (κ3) is 5.28. The predicted octanol–water partition coefficient (Wildman–Crippen LogP) is 3.88. The van der Waals surface area contributed by atoms with E-state index in [0.29, 0.717) is 12.0 Å². The molecule has 0 fully saturated rings. The van der Waals surface area contributed by atoms with Gasteiger partial charge in [-0.05, 0) is 38.0 Å². The standard InChI is InChI=1S/C15H22F4N2/c1-4-13(20)14(11-5-7-12(16)8-6-11)21(10(2)3)9-15(17,18)19/h5-8,10,13-14H,4,9,20H2,1-3H3. The van der Waals surface area contributed by atoms with Crippen LogP contribution in [0.3, 0.4) is 0 Å². The Labute approximate surface area is 122 Å². The van der Waals surface area contributed by atoms with E-state index in [4.69, 9.17) is 5.73 Å².